The van der Waals surface area contributed by atoms with Crippen LogP contribution in [0.2, 0.25) is 5.02 Å². The van der Waals surface area contributed by atoms with Gasteiger partial charge in [0.25, 0.3) is 0 Å². The lowest BCUT2D eigenvalue weighted by Crippen LogP contribution is -2.22. The molecule has 112 valence electrons. The molecule has 0 saturated carbocycles. The topological polar surface area (TPSA) is 12.0 Å². The summed E-state index contributed by atoms with van der Waals surface area (Å²) < 4.78 is 0. The van der Waals surface area contributed by atoms with E-state index < -0.39 is 0 Å². The molecule has 2 aromatic carbocycles. The van der Waals surface area contributed by atoms with Gasteiger partial charge in [0.15, 0.2) is 0 Å². The zero-order valence-corrected chi connectivity index (χ0v) is 14.4. The van der Waals surface area contributed by atoms with Gasteiger partial charge in [-0.1, -0.05) is 55.8 Å². The first-order chi connectivity index (χ1) is 10.1. The molecule has 0 aliphatic rings. The maximum atomic E-state index is 6.37. The summed E-state index contributed by atoms with van der Waals surface area (Å²) in [4.78, 5) is 1.26. The third-order valence-electron chi connectivity index (χ3n) is 3.41. The van der Waals surface area contributed by atoms with Crippen molar-refractivity contribution in [2.75, 3.05) is 0 Å². The van der Waals surface area contributed by atoms with Crippen molar-refractivity contribution in [1.29, 1.82) is 0 Å². The number of halogens is 1. The molecule has 1 nitrogen and oxygen atoms in total. The molecular weight excluding hydrogens is 298 g/mol. The Morgan fingerprint density at radius 1 is 1.10 bits per heavy atom. The molecule has 0 saturated heterocycles. The molecule has 0 spiro atoms. The van der Waals surface area contributed by atoms with Gasteiger partial charge in [0, 0.05) is 28.3 Å². The molecule has 0 amide bonds. The van der Waals surface area contributed by atoms with Gasteiger partial charge in [0.1, 0.15) is 0 Å². The van der Waals surface area contributed by atoms with Gasteiger partial charge in [-0.15, -0.1) is 11.8 Å². The molecule has 0 atom stereocenters. The van der Waals surface area contributed by atoms with Gasteiger partial charge in [-0.05, 0) is 35.7 Å². The summed E-state index contributed by atoms with van der Waals surface area (Å²) in [7, 11) is 0. The van der Waals surface area contributed by atoms with Crippen molar-refractivity contribution in [2.24, 2.45) is 0 Å². The van der Waals surface area contributed by atoms with Gasteiger partial charge in [-0.25, -0.2) is 0 Å². The minimum absolute atomic E-state index is 0.454. The molecular formula is C18H22ClNS. The molecule has 0 radical (unpaired) electrons. The molecule has 1 N–H and O–H groups in total. The van der Waals surface area contributed by atoms with Crippen LogP contribution in [0.1, 0.15) is 30.5 Å². The lowest BCUT2D eigenvalue weighted by molar-refractivity contribution is 0.585. The highest BCUT2D eigenvalue weighted by Crippen LogP contribution is 2.31. The minimum Gasteiger partial charge on any atom is -0.310 e. The van der Waals surface area contributed by atoms with E-state index in [1.807, 2.05) is 23.9 Å². The monoisotopic (exact) mass is 319 g/mol. The predicted octanol–water partition coefficient (Wildman–Crippen LogP) is 5.44. The van der Waals surface area contributed by atoms with Gasteiger partial charge < -0.3 is 5.32 Å². The number of rotatable bonds is 6. The van der Waals surface area contributed by atoms with E-state index in [1.54, 1.807) is 0 Å². The van der Waals surface area contributed by atoms with E-state index in [9.17, 15) is 0 Å². The Morgan fingerprint density at radius 2 is 1.86 bits per heavy atom. The lowest BCUT2D eigenvalue weighted by atomic mass is 10.1. The van der Waals surface area contributed by atoms with Crippen LogP contribution in [0.25, 0.3) is 0 Å². The maximum absolute atomic E-state index is 6.37. The van der Waals surface area contributed by atoms with E-state index in [2.05, 4.69) is 56.4 Å². The number of hydrogen-bond acceptors (Lipinski definition) is 2. The molecule has 2 aromatic rings. The van der Waals surface area contributed by atoms with E-state index in [-0.39, 0.29) is 0 Å². The van der Waals surface area contributed by atoms with Gasteiger partial charge >= 0.3 is 0 Å². The van der Waals surface area contributed by atoms with Crippen molar-refractivity contribution in [3.05, 3.63) is 64.2 Å². The smallest absolute Gasteiger partial charge is 0.0462 e. The Labute approximate surface area is 137 Å². The van der Waals surface area contributed by atoms with Gasteiger partial charge in [0.2, 0.25) is 0 Å². The SMILES string of the molecule is Cc1ccccc1CSc1cccc(Cl)c1CNC(C)C. The van der Waals surface area contributed by atoms with Crippen LogP contribution in [0.5, 0.6) is 0 Å². The Balaban J connectivity index is 2.12. The van der Waals surface area contributed by atoms with Crippen molar-refractivity contribution in [1.82, 2.24) is 5.32 Å². The van der Waals surface area contributed by atoms with E-state index in [4.69, 9.17) is 11.6 Å². The molecule has 2 rings (SSSR count). The van der Waals surface area contributed by atoms with E-state index in [0.29, 0.717) is 6.04 Å². The van der Waals surface area contributed by atoms with Gasteiger partial charge in [-0.3, -0.25) is 0 Å². The second kappa shape index (κ2) is 7.88. The van der Waals surface area contributed by atoms with Crippen molar-refractivity contribution < 1.29 is 0 Å². The molecule has 0 heterocycles. The maximum Gasteiger partial charge on any atom is 0.0462 e. The quantitative estimate of drug-likeness (QED) is 0.712. The van der Waals surface area contributed by atoms with E-state index >= 15 is 0 Å². The number of benzene rings is 2. The standard InChI is InChI=1S/C18H22ClNS/c1-13(2)20-11-16-17(19)9-6-10-18(16)21-12-15-8-5-4-7-14(15)3/h4-10,13,20H,11-12H2,1-3H3. The van der Waals surface area contributed by atoms with Crippen molar-refractivity contribution in [3.63, 3.8) is 0 Å². The molecule has 21 heavy (non-hydrogen) atoms. The first kappa shape index (κ1) is 16.4. The molecule has 0 aromatic heterocycles. The second-order valence-electron chi connectivity index (χ2n) is 5.47. The van der Waals surface area contributed by atoms with Crippen molar-refractivity contribution in [3.8, 4) is 0 Å². The Kier molecular flexibility index (Phi) is 6.16. The van der Waals surface area contributed by atoms with Gasteiger partial charge in [0.05, 0.1) is 0 Å². The molecule has 0 bridgehead atoms. The summed E-state index contributed by atoms with van der Waals surface area (Å²) >= 11 is 8.23. The fraction of sp³-hybridized carbons (Fsp3) is 0.333. The predicted molar refractivity (Wildman–Crippen MR) is 94.2 cm³/mol. The van der Waals surface area contributed by atoms with E-state index in [1.165, 1.54) is 21.6 Å². The third kappa shape index (κ3) is 4.77. The Hall–Kier alpha value is -0.960. The molecule has 0 fully saturated rings. The molecule has 3 heteroatoms. The molecule has 0 aliphatic carbocycles. The first-order valence-corrected chi connectivity index (χ1v) is 8.62. The highest BCUT2D eigenvalue weighted by atomic mass is 35.5. The largest absolute Gasteiger partial charge is 0.310 e. The van der Waals surface area contributed by atoms with Crippen LogP contribution in [0.15, 0.2) is 47.4 Å². The number of thioether (sulfide) groups is 1. The normalized spacial score (nSPS) is 11.1. The van der Waals surface area contributed by atoms with Crippen LogP contribution in [-0.2, 0) is 12.3 Å². The highest BCUT2D eigenvalue weighted by molar-refractivity contribution is 7.98. The summed E-state index contributed by atoms with van der Waals surface area (Å²) in [6, 6.07) is 15.1. The summed E-state index contributed by atoms with van der Waals surface area (Å²) in [5, 5.41) is 4.30. The Bertz CT molecular complexity index is 596. The summed E-state index contributed by atoms with van der Waals surface area (Å²) in [5.74, 6) is 0.974. The first-order valence-electron chi connectivity index (χ1n) is 7.26. The van der Waals surface area contributed by atoms with Crippen LogP contribution in [0.3, 0.4) is 0 Å². The van der Waals surface area contributed by atoms with Crippen LogP contribution < -0.4 is 5.32 Å². The minimum atomic E-state index is 0.454. The number of hydrogen-bond donors (Lipinski definition) is 1. The zero-order chi connectivity index (χ0) is 15.2. The van der Waals surface area contributed by atoms with Crippen LogP contribution in [-0.4, -0.2) is 6.04 Å². The highest BCUT2D eigenvalue weighted by Gasteiger charge is 2.09. The molecule has 0 aliphatic heterocycles. The Morgan fingerprint density at radius 3 is 2.57 bits per heavy atom. The third-order valence-corrected chi connectivity index (χ3v) is 4.91. The summed E-state index contributed by atoms with van der Waals surface area (Å²) in [5.41, 5.74) is 3.92. The van der Waals surface area contributed by atoms with Crippen LogP contribution in [0, 0.1) is 6.92 Å². The van der Waals surface area contributed by atoms with Crippen LogP contribution >= 0.6 is 23.4 Å². The fourth-order valence-corrected chi connectivity index (χ4v) is 3.54. The second-order valence-corrected chi connectivity index (χ2v) is 6.89. The number of aryl methyl sites for hydroxylation is 1. The fourth-order valence-electron chi connectivity index (χ4n) is 2.08. The summed E-state index contributed by atoms with van der Waals surface area (Å²) in [6.45, 7) is 7.27. The van der Waals surface area contributed by atoms with E-state index in [0.717, 1.165) is 17.3 Å². The zero-order valence-electron chi connectivity index (χ0n) is 12.8. The van der Waals surface area contributed by atoms with Crippen molar-refractivity contribution in [2.45, 2.75) is 44.0 Å². The van der Waals surface area contributed by atoms with Crippen LogP contribution in [0.4, 0.5) is 0 Å². The molecule has 0 unspecified atom stereocenters. The van der Waals surface area contributed by atoms with Crippen molar-refractivity contribution >= 4 is 23.4 Å². The van der Waals surface area contributed by atoms with Gasteiger partial charge in [-0.2, -0.15) is 0 Å². The average Bonchev–Trinajstić information content (AvgIpc) is 2.45. The average molecular weight is 320 g/mol. The lowest BCUT2D eigenvalue weighted by Gasteiger charge is -2.14. The summed E-state index contributed by atoms with van der Waals surface area (Å²) in [6.07, 6.45) is 0. The number of nitrogens with one attached hydrogen (secondary N) is 1.